The summed E-state index contributed by atoms with van der Waals surface area (Å²) in [6, 6.07) is 15.9. The molecule has 0 radical (unpaired) electrons. The van der Waals surface area contributed by atoms with Crippen LogP contribution in [0.3, 0.4) is 0 Å². The van der Waals surface area contributed by atoms with Gasteiger partial charge in [0.1, 0.15) is 5.75 Å². The summed E-state index contributed by atoms with van der Waals surface area (Å²) in [5, 5.41) is 0. The highest BCUT2D eigenvalue weighted by Gasteiger charge is 2.59. The van der Waals surface area contributed by atoms with Gasteiger partial charge in [-0.1, -0.05) is 49.4 Å². The lowest BCUT2D eigenvalue weighted by Crippen LogP contribution is -2.58. The molecule has 0 amide bonds. The quantitative estimate of drug-likeness (QED) is 0.272. The van der Waals surface area contributed by atoms with Gasteiger partial charge in [0.05, 0.1) is 11.2 Å². The fraction of sp³-hybridized carbons (Fsp3) is 0.333. The molecule has 2 aromatic carbocycles. The second kappa shape index (κ2) is 6.67. The van der Waals surface area contributed by atoms with E-state index in [1.807, 2.05) is 30.3 Å². The van der Waals surface area contributed by atoms with Crippen LogP contribution in [-0.4, -0.2) is 23.0 Å². The summed E-state index contributed by atoms with van der Waals surface area (Å²) in [4.78, 5) is 37.4. The van der Waals surface area contributed by atoms with Crippen LogP contribution in [0.5, 0.6) is 5.75 Å². The molecule has 2 atom stereocenters. The van der Waals surface area contributed by atoms with Crippen molar-refractivity contribution in [1.82, 2.24) is 0 Å². The molecule has 1 aliphatic rings. The lowest BCUT2D eigenvalue weighted by Gasteiger charge is -2.38. The zero-order chi connectivity index (χ0) is 18.9. The van der Waals surface area contributed by atoms with Gasteiger partial charge in [-0.15, -0.1) is 0 Å². The number of para-hydroxylation sites is 1. The average molecular weight is 354 g/mol. The summed E-state index contributed by atoms with van der Waals surface area (Å²) in [5.41, 5.74) is -1.55. The Morgan fingerprint density at radius 2 is 1.58 bits per heavy atom. The third-order valence-corrected chi connectivity index (χ3v) is 4.31. The predicted molar refractivity (Wildman–Crippen MR) is 95.9 cm³/mol. The number of esters is 1. The summed E-state index contributed by atoms with van der Waals surface area (Å²) in [6.07, 6.45) is 0. The van der Waals surface area contributed by atoms with E-state index < -0.39 is 28.9 Å². The van der Waals surface area contributed by atoms with E-state index >= 15 is 0 Å². The van der Waals surface area contributed by atoms with E-state index in [1.54, 1.807) is 52.0 Å². The Hall–Kier alpha value is -2.50. The molecule has 0 saturated heterocycles. The SMILES string of the molecule is CC(c1ccccc1)C1(OOC(C)(C)C)C(=O)Oc2ccccc2C1=O. The van der Waals surface area contributed by atoms with Crippen LogP contribution in [0.1, 0.15) is 49.5 Å². The molecule has 1 heterocycles. The third kappa shape index (κ3) is 3.16. The molecule has 0 fully saturated rings. The monoisotopic (exact) mass is 354 g/mol. The molecule has 5 nitrogen and oxygen atoms in total. The second-order valence-electron chi connectivity index (χ2n) is 7.36. The van der Waals surface area contributed by atoms with Gasteiger partial charge in [0, 0.05) is 5.92 Å². The van der Waals surface area contributed by atoms with Crippen molar-refractivity contribution < 1.29 is 24.1 Å². The molecule has 0 aromatic heterocycles. The Morgan fingerprint density at radius 3 is 2.23 bits per heavy atom. The van der Waals surface area contributed by atoms with Crippen molar-refractivity contribution in [2.24, 2.45) is 0 Å². The summed E-state index contributed by atoms with van der Waals surface area (Å²) in [7, 11) is 0. The van der Waals surface area contributed by atoms with Gasteiger partial charge >= 0.3 is 5.97 Å². The minimum absolute atomic E-state index is 0.234. The number of carbonyl (C=O) groups excluding carboxylic acids is 2. The highest BCUT2D eigenvalue weighted by molar-refractivity contribution is 6.20. The minimum Gasteiger partial charge on any atom is -0.423 e. The zero-order valence-electron chi connectivity index (χ0n) is 15.3. The largest absolute Gasteiger partial charge is 0.423 e. The molecular weight excluding hydrogens is 332 g/mol. The van der Waals surface area contributed by atoms with Gasteiger partial charge in [0.25, 0.3) is 5.60 Å². The molecule has 2 unspecified atom stereocenters. The summed E-state index contributed by atoms with van der Waals surface area (Å²) in [5.74, 6) is -1.62. The van der Waals surface area contributed by atoms with Gasteiger partial charge in [0.2, 0.25) is 5.78 Å². The standard InChI is InChI=1S/C21H22O5/c1-14(15-10-6-5-7-11-15)21(26-25-20(2,3)4)18(22)16-12-8-9-13-17(16)24-19(21)23/h5-14H,1-4H3. The Kier molecular flexibility index (Phi) is 4.69. The number of hydrogen-bond acceptors (Lipinski definition) is 5. The number of ether oxygens (including phenoxy) is 1. The van der Waals surface area contributed by atoms with Gasteiger partial charge in [-0.3, -0.25) is 4.79 Å². The van der Waals surface area contributed by atoms with E-state index in [0.717, 1.165) is 5.56 Å². The summed E-state index contributed by atoms with van der Waals surface area (Å²) in [6.45, 7) is 7.09. The topological polar surface area (TPSA) is 61.8 Å². The first kappa shape index (κ1) is 18.3. The zero-order valence-corrected chi connectivity index (χ0v) is 15.3. The van der Waals surface area contributed by atoms with Crippen molar-refractivity contribution in [2.75, 3.05) is 0 Å². The van der Waals surface area contributed by atoms with E-state index in [-0.39, 0.29) is 5.75 Å². The molecule has 0 saturated carbocycles. The first-order valence-corrected chi connectivity index (χ1v) is 8.53. The van der Waals surface area contributed by atoms with Crippen molar-refractivity contribution in [2.45, 2.75) is 44.8 Å². The fourth-order valence-electron chi connectivity index (χ4n) is 2.90. The van der Waals surface area contributed by atoms with E-state index in [0.29, 0.717) is 5.56 Å². The summed E-state index contributed by atoms with van der Waals surface area (Å²) >= 11 is 0. The van der Waals surface area contributed by atoms with Crippen molar-refractivity contribution in [3.63, 3.8) is 0 Å². The molecule has 0 N–H and O–H groups in total. The normalized spacial score (nSPS) is 21.1. The molecule has 0 bridgehead atoms. The van der Waals surface area contributed by atoms with Crippen molar-refractivity contribution in [3.8, 4) is 5.75 Å². The highest BCUT2D eigenvalue weighted by atomic mass is 17.2. The Balaban J connectivity index is 2.12. The van der Waals surface area contributed by atoms with E-state index in [2.05, 4.69) is 0 Å². The van der Waals surface area contributed by atoms with Gasteiger partial charge < -0.3 is 4.74 Å². The van der Waals surface area contributed by atoms with E-state index in [1.165, 1.54) is 0 Å². The number of hydrogen-bond donors (Lipinski definition) is 0. The highest BCUT2D eigenvalue weighted by Crippen LogP contribution is 2.42. The molecule has 136 valence electrons. The van der Waals surface area contributed by atoms with Crippen LogP contribution in [0.4, 0.5) is 0 Å². The molecule has 0 aliphatic carbocycles. The number of fused-ring (bicyclic) bond motifs is 1. The maximum Gasteiger partial charge on any atom is 0.356 e. The van der Waals surface area contributed by atoms with Crippen LogP contribution in [0.15, 0.2) is 54.6 Å². The number of carbonyl (C=O) groups is 2. The lowest BCUT2D eigenvalue weighted by atomic mass is 9.77. The van der Waals surface area contributed by atoms with Gasteiger partial charge in [-0.2, -0.15) is 0 Å². The van der Waals surface area contributed by atoms with Crippen LogP contribution in [-0.2, 0) is 14.6 Å². The van der Waals surface area contributed by atoms with Crippen LogP contribution in [0.2, 0.25) is 0 Å². The number of Topliss-reactive ketones (excluding diaryl/α,β-unsaturated/α-hetero) is 1. The Morgan fingerprint density at radius 1 is 0.962 bits per heavy atom. The molecular formula is C21H22O5. The molecule has 1 aliphatic heterocycles. The van der Waals surface area contributed by atoms with Crippen molar-refractivity contribution >= 4 is 11.8 Å². The minimum atomic E-state index is -1.91. The maximum atomic E-state index is 13.4. The number of ketones is 1. The number of benzene rings is 2. The van der Waals surface area contributed by atoms with Gasteiger partial charge in [-0.25, -0.2) is 14.6 Å². The summed E-state index contributed by atoms with van der Waals surface area (Å²) < 4.78 is 5.46. The Labute approximate surface area is 152 Å². The van der Waals surface area contributed by atoms with Crippen molar-refractivity contribution in [3.05, 3.63) is 65.7 Å². The van der Waals surface area contributed by atoms with Crippen LogP contribution in [0.25, 0.3) is 0 Å². The first-order chi connectivity index (χ1) is 12.3. The smallest absolute Gasteiger partial charge is 0.356 e. The fourth-order valence-corrected chi connectivity index (χ4v) is 2.90. The van der Waals surface area contributed by atoms with E-state index in [9.17, 15) is 9.59 Å². The third-order valence-electron chi connectivity index (χ3n) is 4.31. The molecule has 0 spiro atoms. The molecule has 2 aromatic rings. The molecule has 5 heteroatoms. The van der Waals surface area contributed by atoms with Gasteiger partial charge in [0.15, 0.2) is 0 Å². The molecule has 26 heavy (non-hydrogen) atoms. The Bertz CT molecular complexity index is 822. The molecule has 3 rings (SSSR count). The lowest BCUT2D eigenvalue weighted by molar-refractivity contribution is -0.387. The maximum absolute atomic E-state index is 13.4. The second-order valence-corrected chi connectivity index (χ2v) is 7.36. The first-order valence-electron chi connectivity index (χ1n) is 8.53. The van der Waals surface area contributed by atoms with Crippen molar-refractivity contribution in [1.29, 1.82) is 0 Å². The van der Waals surface area contributed by atoms with Crippen LogP contribution in [0, 0.1) is 0 Å². The van der Waals surface area contributed by atoms with E-state index in [4.69, 9.17) is 14.5 Å². The van der Waals surface area contributed by atoms with Crippen LogP contribution >= 0.6 is 0 Å². The van der Waals surface area contributed by atoms with Gasteiger partial charge in [-0.05, 0) is 38.5 Å². The van der Waals surface area contributed by atoms with Crippen LogP contribution < -0.4 is 4.74 Å². The predicted octanol–water partition coefficient (Wildman–Crippen LogP) is 4.08. The number of rotatable bonds is 4. The average Bonchev–Trinajstić information content (AvgIpc) is 2.61.